The molecule has 2 saturated heterocycles. The van der Waals surface area contributed by atoms with Crippen LogP contribution < -0.4 is 10.2 Å². The molecular weight excluding hydrogens is 432 g/mol. The van der Waals surface area contributed by atoms with Crippen LogP contribution in [-0.2, 0) is 9.53 Å². The molecule has 34 heavy (non-hydrogen) atoms. The number of benzene rings is 1. The average Bonchev–Trinajstić information content (AvgIpc) is 2.73. The van der Waals surface area contributed by atoms with Crippen LogP contribution in [0, 0.1) is 23.2 Å². The van der Waals surface area contributed by atoms with E-state index in [2.05, 4.69) is 33.2 Å². The molecule has 0 spiro atoms. The highest BCUT2D eigenvalue weighted by Crippen LogP contribution is 2.30. The Balaban J connectivity index is 1.35. The standard InChI is InChI=1S/C25H32N6O3/c1-16-9-19(29-21(32)10-17-13-31(14-17)24(33)34-25(2,3)4)15-30(12-16)20-6-5-18(11-26)22-23(20)28-8-7-27-22/h5-8,16-17,19H,9-10,12-15H2,1-4H3,(H,29,32)/t16-,19+/m0/s1. The van der Waals surface area contributed by atoms with Gasteiger partial charge in [-0.1, -0.05) is 6.92 Å². The van der Waals surface area contributed by atoms with E-state index in [0.717, 1.165) is 18.7 Å². The van der Waals surface area contributed by atoms with Crippen LogP contribution in [0.15, 0.2) is 24.5 Å². The smallest absolute Gasteiger partial charge is 0.410 e. The molecule has 1 N–H and O–H groups in total. The number of carbonyl (C=O) groups excluding carboxylic acids is 2. The van der Waals surface area contributed by atoms with Gasteiger partial charge < -0.3 is 19.9 Å². The van der Waals surface area contributed by atoms with Gasteiger partial charge >= 0.3 is 6.09 Å². The normalized spacial score (nSPS) is 21.0. The lowest BCUT2D eigenvalue weighted by molar-refractivity contribution is -0.124. The summed E-state index contributed by atoms with van der Waals surface area (Å²) in [6.07, 6.45) is 4.21. The Morgan fingerprint density at radius 1 is 1.15 bits per heavy atom. The molecule has 2 aromatic rings. The molecule has 3 heterocycles. The van der Waals surface area contributed by atoms with Gasteiger partial charge in [0.15, 0.2) is 0 Å². The van der Waals surface area contributed by atoms with Gasteiger partial charge in [-0.3, -0.25) is 14.8 Å². The van der Waals surface area contributed by atoms with Crippen molar-refractivity contribution in [2.24, 2.45) is 11.8 Å². The molecule has 2 atom stereocenters. The lowest BCUT2D eigenvalue weighted by Crippen LogP contribution is -2.54. The number of nitrogens with zero attached hydrogens (tertiary/aromatic N) is 5. The Kier molecular flexibility index (Phi) is 6.60. The number of nitrogens with one attached hydrogen (secondary N) is 1. The van der Waals surface area contributed by atoms with Crippen LogP contribution in [0.3, 0.4) is 0 Å². The first-order valence-electron chi connectivity index (χ1n) is 11.8. The number of likely N-dealkylation sites (tertiary alicyclic amines) is 1. The number of fused-ring (bicyclic) bond motifs is 1. The minimum absolute atomic E-state index is 0.0115. The van der Waals surface area contributed by atoms with E-state index < -0.39 is 5.60 Å². The van der Waals surface area contributed by atoms with Crippen LogP contribution in [0.1, 0.15) is 46.1 Å². The van der Waals surface area contributed by atoms with Gasteiger partial charge in [-0.05, 0) is 45.2 Å². The zero-order valence-electron chi connectivity index (χ0n) is 20.2. The zero-order chi connectivity index (χ0) is 24.5. The SMILES string of the molecule is C[C@H]1C[C@@H](NC(=O)CC2CN(C(=O)OC(C)(C)C)C2)CN(c2ccc(C#N)c3nccnc23)C1. The Hall–Kier alpha value is -3.41. The number of amides is 2. The van der Waals surface area contributed by atoms with E-state index in [1.54, 1.807) is 23.4 Å². The van der Waals surface area contributed by atoms with Crippen molar-refractivity contribution < 1.29 is 14.3 Å². The number of nitriles is 1. The molecule has 1 aromatic carbocycles. The van der Waals surface area contributed by atoms with E-state index in [0.29, 0.717) is 48.6 Å². The summed E-state index contributed by atoms with van der Waals surface area (Å²) >= 11 is 0. The molecule has 0 radical (unpaired) electrons. The van der Waals surface area contributed by atoms with Crippen LogP contribution in [0.2, 0.25) is 0 Å². The number of carbonyl (C=O) groups is 2. The highest BCUT2D eigenvalue weighted by molar-refractivity contribution is 5.92. The Morgan fingerprint density at radius 3 is 2.53 bits per heavy atom. The van der Waals surface area contributed by atoms with E-state index in [9.17, 15) is 14.9 Å². The molecule has 2 fully saturated rings. The van der Waals surface area contributed by atoms with E-state index in [-0.39, 0.29) is 24.0 Å². The summed E-state index contributed by atoms with van der Waals surface area (Å²) in [5, 5.41) is 12.6. The van der Waals surface area contributed by atoms with Gasteiger partial charge in [0.05, 0.1) is 11.3 Å². The fraction of sp³-hybridized carbons (Fsp3) is 0.560. The molecule has 0 saturated carbocycles. The van der Waals surface area contributed by atoms with Crippen molar-refractivity contribution in [2.45, 2.75) is 52.2 Å². The number of rotatable bonds is 4. The molecule has 0 aliphatic carbocycles. The minimum atomic E-state index is -0.519. The van der Waals surface area contributed by atoms with Crippen LogP contribution in [0.5, 0.6) is 0 Å². The summed E-state index contributed by atoms with van der Waals surface area (Å²) in [5.74, 6) is 0.549. The molecule has 9 nitrogen and oxygen atoms in total. The second kappa shape index (κ2) is 9.45. The first-order chi connectivity index (χ1) is 16.1. The predicted molar refractivity (Wildman–Crippen MR) is 128 cm³/mol. The Labute approximate surface area is 200 Å². The van der Waals surface area contributed by atoms with Crippen molar-refractivity contribution >= 4 is 28.7 Å². The highest BCUT2D eigenvalue weighted by atomic mass is 16.6. The third-order valence-corrected chi connectivity index (χ3v) is 6.17. The quantitative estimate of drug-likeness (QED) is 0.740. The fourth-order valence-corrected chi connectivity index (χ4v) is 4.76. The molecule has 1 aromatic heterocycles. The Bertz CT molecular complexity index is 1120. The van der Waals surface area contributed by atoms with Crippen LogP contribution >= 0.6 is 0 Å². The topological polar surface area (TPSA) is 111 Å². The summed E-state index contributed by atoms with van der Waals surface area (Å²) in [6.45, 7) is 10.3. The molecule has 180 valence electrons. The third-order valence-electron chi connectivity index (χ3n) is 6.17. The number of hydrogen-bond donors (Lipinski definition) is 1. The number of hydrogen-bond acceptors (Lipinski definition) is 7. The van der Waals surface area contributed by atoms with Crippen LogP contribution in [-0.4, -0.2) is 64.7 Å². The van der Waals surface area contributed by atoms with E-state index in [1.807, 2.05) is 26.8 Å². The predicted octanol–water partition coefficient (Wildman–Crippen LogP) is 3.09. The maximum absolute atomic E-state index is 12.7. The van der Waals surface area contributed by atoms with Crippen molar-refractivity contribution in [1.29, 1.82) is 5.26 Å². The molecule has 0 bridgehead atoms. The second-order valence-corrected chi connectivity index (χ2v) is 10.5. The van der Waals surface area contributed by atoms with Crippen molar-refractivity contribution in [3.8, 4) is 6.07 Å². The maximum atomic E-state index is 12.7. The second-order valence-electron chi connectivity index (χ2n) is 10.5. The van der Waals surface area contributed by atoms with Crippen molar-refractivity contribution in [3.05, 3.63) is 30.1 Å². The lowest BCUT2D eigenvalue weighted by atomic mass is 9.93. The third kappa shape index (κ3) is 5.38. The minimum Gasteiger partial charge on any atom is -0.444 e. The monoisotopic (exact) mass is 464 g/mol. The van der Waals surface area contributed by atoms with Gasteiger partial charge in [-0.2, -0.15) is 5.26 Å². The summed E-state index contributed by atoms with van der Waals surface area (Å²) in [5.41, 5.74) is 2.22. The largest absolute Gasteiger partial charge is 0.444 e. The van der Waals surface area contributed by atoms with Gasteiger partial charge in [0.25, 0.3) is 0 Å². The molecular formula is C25H32N6O3. The molecule has 4 rings (SSSR count). The van der Waals surface area contributed by atoms with Crippen LogP contribution in [0.25, 0.3) is 11.0 Å². The van der Waals surface area contributed by atoms with E-state index in [1.165, 1.54) is 0 Å². The number of anilines is 1. The zero-order valence-corrected chi connectivity index (χ0v) is 20.2. The number of ether oxygens (including phenoxy) is 1. The first-order valence-corrected chi connectivity index (χ1v) is 11.8. The van der Waals surface area contributed by atoms with E-state index >= 15 is 0 Å². The first kappa shape index (κ1) is 23.7. The summed E-state index contributed by atoms with van der Waals surface area (Å²) < 4.78 is 5.38. The van der Waals surface area contributed by atoms with Gasteiger partial charge in [-0.15, -0.1) is 0 Å². The van der Waals surface area contributed by atoms with E-state index in [4.69, 9.17) is 4.74 Å². The molecule has 9 heteroatoms. The van der Waals surface area contributed by atoms with Gasteiger partial charge in [0, 0.05) is 57.0 Å². The maximum Gasteiger partial charge on any atom is 0.410 e. The lowest BCUT2D eigenvalue weighted by Gasteiger charge is -2.40. The summed E-state index contributed by atoms with van der Waals surface area (Å²) in [7, 11) is 0. The van der Waals surface area contributed by atoms with Crippen LogP contribution in [0.4, 0.5) is 10.5 Å². The fourth-order valence-electron chi connectivity index (χ4n) is 4.76. The van der Waals surface area contributed by atoms with Crippen molar-refractivity contribution in [1.82, 2.24) is 20.2 Å². The summed E-state index contributed by atoms with van der Waals surface area (Å²) in [6, 6.07) is 5.90. The Morgan fingerprint density at radius 2 is 1.85 bits per heavy atom. The highest BCUT2D eigenvalue weighted by Gasteiger charge is 2.35. The van der Waals surface area contributed by atoms with Gasteiger partial charge in [-0.25, -0.2) is 4.79 Å². The molecule has 2 amide bonds. The van der Waals surface area contributed by atoms with Gasteiger partial charge in [0.2, 0.25) is 5.91 Å². The molecule has 2 aliphatic rings. The summed E-state index contributed by atoms with van der Waals surface area (Å²) in [4.78, 5) is 37.6. The van der Waals surface area contributed by atoms with Crippen molar-refractivity contribution in [3.63, 3.8) is 0 Å². The molecule has 0 unspecified atom stereocenters. The van der Waals surface area contributed by atoms with Crippen molar-refractivity contribution in [2.75, 3.05) is 31.1 Å². The number of aromatic nitrogens is 2. The molecule has 2 aliphatic heterocycles. The van der Waals surface area contributed by atoms with Gasteiger partial charge in [0.1, 0.15) is 22.7 Å². The number of piperidine rings is 1. The average molecular weight is 465 g/mol.